The van der Waals surface area contributed by atoms with E-state index in [4.69, 9.17) is 20.3 Å². The van der Waals surface area contributed by atoms with Crippen molar-refractivity contribution in [1.29, 1.82) is 0 Å². The second-order valence-electron chi connectivity index (χ2n) is 2.64. The third-order valence-corrected chi connectivity index (χ3v) is 1.50. The van der Waals surface area contributed by atoms with Crippen LogP contribution in [0.3, 0.4) is 0 Å². The summed E-state index contributed by atoms with van der Waals surface area (Å²) in [5, 5.41) is 9.03. The van der Waals surface area contributed by atoms with Crippen LogP contribution < -0.4 is 5.73 Å². The van der Waals surface area contributed by atoms with E-state index in [0.717, 1.165) is 13.0 Å². The number of nitrogens with two attached hydrogens (primary N) is 1. The van der Waals surface area contributed by atoms with Gasteiger partial charge in [-0.1, -0.05) is 0 Å². The summed E-state index contributed by atoms with van der Waals surface area (Å²) in [7, 11) is 1.66. The first kappa shape index (κ1) is 11.8. The van der Waals surface area contributed by atoms with Gasteiger partial charge in [-0.3, -0.25) is 0 Å². The average molecular weight is 177 g/mol. The Morgan fingerprint density at radius 2 is 2.08 bits per heavy atom. The molecule has 74 valence electrons. The van der Waals surface area contributed by atoms with Crippen LogP contribution in [0.5, 0.6) is 0 Å². The van der Waals surface area contributed by atoms with Crippen LogP contribution >= 0.6 is 0 Å². The zero-order valence-electron chi connectivity index (χ0n) is 7.66. The summed E-state index contributed by atoms with van der Waals surface area (Å²) in [5.74, 6) is 0. The second kappa shape index (κ2) is 8.93. The van der Waals surface area contributed by atoms with E-state index < -0.39 is 6.10 Å². The Morgan fingerprint density at radius 1 is 1.33 bits per heavy atom. The van der Waals surface area contributed by atoms with Crippen molar-refractivity contribution in [2.75, 3.05) is 33.5 Å². The van der Waals surface area contributed by atoms with Crippen LogP contribution in [0.15, 0.2) is 0 Å². The van der Waals surface area contributed by atoms with Crippen molar-refractivity contribution in [2.45, 2.75) is 18.9 Å². The molecule has 1 unspecified atom stereocenters. The van der Waals surface area contributed by atoms with Crippen molar-refractivity contribution in [1.82, 2.24) is 0 Å². The molecule has 0 saturated carbocycles. The van der Waals surface area contributed by atoms with Crippen LogP contribution in [0, 0.1) is 0 Å². The Morgan fingerprint density at radius 3 is 2.67 bits per heavy atom. The largest absolute Gasteiger partial charge is 0.392 e. The molecule has 0 aromatic heterocycles. The molecule has 4 nitrogen and oxygen atoms in total. The van der Waals surface area contributed by atoms with Gasteiger partial charge in [-0.25, -0.2) is 0 Å². The molecule has 12 heavy (non-hydrogen) atoms. The van der Waals surface area contributed by atoms with Crippen LogP contribution in [0.1, 0.15) is 12.8 Å². The number of aliphatic hydroxyl groups excluding tert-OH is 1. The minimum Gasteiger partial charge on any atom is -0.392 e. The summed E-state index contributed by atoms with van der Waals surface area (Å²) in [5.41, 5.74) is 5.21. The minimum atomic E-state index is -0.424. The van der Waals surface area contributed by atoms with Gasteiger partial charge in [0, 0.05) is 33.5 Å². The van der Waals surface area contributed by atoms with Gasteiger partial charge >= 0.3 is 0 Å². The molecule has 0 heterocycles. The SMILES string of the molecule is COCCCOCCC(O)CN. The molecule has 0 aliphatic rings. The van der Waals surface area contributed by atoms with Crippen molar-refractivity contribution in [3.05, 3.63) is 0 Å². The van der Waals surface area contributed by atoms with E-state index in [1.165, 1.54) is 0 Å². The Labute approximate surface area is 73.7 Å². The molecule has 0 aromatic rings. The van der Waals surface area contributed by atoms with Crippen molar-refractivity contribution >= 4 is 0 Å². The average Bonchev–Trinajstić information content (AvgIpc) is 2.10. The lowest BCUT2D eigenvalue weighted by Gasteiger charge is -2.07. The zero-order chi connectivity index (χ0) is 9.23. The lowest BCUT2D eigenvalue weighted by molar-refractivity contribution is 0.0717. The van der Waals surface area contributed by atoms with E-state index in [1.54, 1.807) is 7.11 Å². The molecule has 0 saturated heterocycles. The number of ether oxygens (including phenoxy) is 2. The molecule has 1 atom stereocenters. The second-order valence-corrected chi connectivity index (χ2v) is 2.64. The van der Waals surface area contributed by atoms with Crippen molar-refractivity contribution in [2.24, 2.45) is 5.73 Å². The first-order valence-corrected chi connectivity index (χ1v) is 4.26. The van der Waals surface area contributed by atoms with E-state index in [0.29, 0.717) is 26.2 Å². The Hall–Kier alpha value is -0.160. The number of rotatable bonds is 8. The third-order valence-electron chi connectivity index (χ3n) is 1.50. The fourth-order valence-electron chi connectivity index (χ4n) is 0.745. The van der Waals surface area contributed by atoms with Gasteiger partial charge in [-0.15, -0.1) is 0 Å². The molecule has 0 aliphatic carbocycles. The molecule has 0 bridgehead atoms. The van der Waals surface area contributed by atoms with Gasteiger partial charge in [-0.05, 0) is 12.8 Å². The van der Waals surface area contributed by atoms with Crippen LogP contribution in [0.25, 0.3) is 0 Å². The molecule has 0 amide bonds. The highest BCUT2D eigenvalue weighted by Gasteiger charge is 1.99. The molecule has 0 aliphatic heterocycles. The van der Waals surface area contributed by atoms with Crippen molar-refractivity contribution < 1.29 is 14.6 Å². The lowest BCUT2D eigenvalue weighted by atomic mass is 10.3. The molecule has 3 N–H and O–H groups in total. The standard InChI is InChI=1S/C8H19NO3/c1-11-4-2-5-12-6-3-8(10)7-9/h8,10H,2-7,9H2,1H3. The molecule has 4 heteroatoms. The van der Waals surface area contributed by atoms with Crippen LogP contribution in [0.4, 0.5) is 0 Å². The van der Waals surface area contributed by atoms with Gasteiger partial charge in [0.05, 0.1) is 6.10 Å². The van der Waals surface area contributed by atoms with E-state index in [1.807, 2.05) is 0 Å². The van der Waals surface area contributed by atoms with E-state index in [-0.39, 0.29) is 0 Å². The predicted molar refractivity (Wildman–Crippen MR) is 47.0 cm³/mol. The molecule has 0 radical (unpaired) electrons. The predicted octanol–water partition coefficient (Wildman–Crippen LogP) is -0.251. The number of methoxy groups -OCH3 is 1. The Balaban J connectivity index is 2.90. The zero-order valence-corrected chi connectivity index (χ0v) is 7.66. The first-order chi connectivity index (χ1) is 5.81. The van der Waals surface area contributed by atoms with Gasteiger partial charge < -0.3 is 20.3 Å². The van der Waals surface area contributed by atoms with Crippen LogP contribution in [-0.4, -0.2) is 44.7 Å². The molecule has 0 rings (SSSR count). The molecule has 0 spiro atoms. The summed E-state index contributed by atoms with van der Waals surface area (Å²) < 4.78 is 10.1. The minimum absolute atomic E-state index is 0.307. The van der Waals surface area contributed by atoms with Gasteiger partial charge in [0.15, 0.2) is 0 Å². The summed E-state index contributed by atoms with van der Waals surface area (Å²) in [6, 6.07) is 0. The van der Waals surface area contributed by atoms with Crippen LogP contribution in [-0.2, 0) is 9.47 Å². The van der Waals surface area contributed by atoms with Gasteiger partial charge in [0.1, 0.15) is 0 Å². The maximum absolute atomic E-state index is 9.03. The quantitative estimate of drug-likeness (QED) is 0.502. The van der Waals surface area contributed by atoms with E-state index in [9.17, 15) is 0 Å². The highest BCUT2D eigenvalue weighted by atomic mass is 16.5. The monoisotopic (exact) mass is 177 g/mol. The summed E-state index contributed by atoms with van der Waals surface area (Å²) >= 11 is 0. The fraction of sp³-hybridized carbons (Fsp3) is 1.00. The van der Waals surface area contributed by atoms with E-state index >= 15 is 0 Å². The molecule has 0 fully saturated rings. The highest BCUT2D eigenvalue weighted by Crippen LogP contribution is 1.91. The first-order valence-electron chi connectivity index (χ1n) is 4.26. The summed E-state index contributed by atoms with van der Waals surface area (Å²) in [6.07, 6.45) is 1.09. The highest BCUT2D eigenvalue weighted by molar-refractivity contribution is 4.53. The summed E-state index contributed by atoms with van der Waals surface area (Å²) in [4.78, 5) is 0. The fourth-order valence-corrected chi connectivity index (χ4v) is 0.745. The Kier molecular flexibility index (Phi) is 8.81. The maximum atomic E-state index is 9.03. The molecule has 0 aromatic carbocycles. The number of hydrogen-bond donors (Lipinski definition) is 2. The van der Waals surface area contributed by atoms with Gasteiger partial charge in [0.25, 0.3) is 0 Å². The maximum Gasteiger partial charge on any atom is 0.0684 e. The number of hydrogen-bond acceptors (Lipinski definition) is 4. The van der Waals surface area contributed by atoms with Crippen molar-refractivity contribution in [3.63, 3.8) is 0 Å². The third kappa shape index (κ3) is 7.94. The lowest BCUT2D eigenvalue weighted by Crippen LogP contribution is -2.21. The molecular formula is C8H19NO3. The molecular weight excluding hydrogens is 158 g/mol. The van der Waals surface area contributed by atoms with E-state index in [2.05, 4.69) is 0 Å². The van der Waals surface area contributed by atoms with Gasteiger partial charge in [-0.2, -0.15) is 0 Å². The van der Waals surface area contributed by atoms with Crippen LogP contribution in [0.2, 0.25) is 0 Å². The summed E-state index contributed by atoms with van der Waals surface area (Å²) in [6.45, 7) is 2.29. The van der Waals surface area contributed by atoms with Gasteiger partial charge in [0.2, 0.25) is 0 Å². The smallest absolute Gasteiger partial charge is 0.0684 e. The topological polar surface area (TPSA) is 64.7 Å². The number of aliphatic hydroxyl groups is 1. The normalized spacial score (nSPS) is 13.2. The van der Waals surface area contributed by atoms with Crippen molar-refractivity contribution in [3.8, 4) is 0 Å². The Bertz CT molecular complexity index is 90.4.